The van der Waals surface area contributed by atoms with Gasteiger partial charge in [-0.05, 0) is 36.6 Å². The van der Waals surface area contributed by atoms with Crippen LogP contribution in [0.1, 0.15) is 29.3 Å². The average molecular weight is 379 g/mol. The Balaban J connectivity index is 2.31. The van der Waals surface area contributed by atoms with E-state index in [1.807, 2.05) is 18.2 Å². The Kier molecular flexibility index (Phi) is 6.33. The summed E-state index contributed by atoms with van der Waals surface area (Å²) in [6.45, 7) is 3.47. The van der Waals surface area contributed by atoms with Crippen molar-refractivity contribution in [1.29, 1.82) is 0 Å². The smallest absolute Gasteiger partial charge is 0.328 e. The molecule has 0 bridgehead atoms. The number of fused-ring (bicyclic) bond motifs is 1. The highest BCUT2D eigenvalue weighted by atomic mass is 32.2. The molecule has 2 aromatic carbocycles. The number of benzene rings is 2. The fourth-order valence-corrected chi connectivity index (χ4v) is 3.20. The third-order valence-corrected chi connectivity index (χ3v) is 4.66. The van der Waals surface area contributed by atoms with Crippen molar-refractivity contribution in [2.75, 3.05) is 12.4 Å². The Labute approximate surface area is 152 Å². The van der Waals surface area contributed by atoms with Gasteiger partial charge in [0.25, 0.3) is 16.0 Å². The second-order valence-corrected chi connectivity index (χ2v) is 7.40. The number of carbonyl (C=O) groups is 2. The lowest BCUT2D eigenvalue weighted by atomic mass is 9.99. The van der Waals surface area contributed by atoms with Gasteiger partial charge in [-0.1, -0.05) is 36.4 Å². The lowest BCUT2D eigenvalue weighted by molar-refractivity contribution is -0.145. The molecule has 2 aromatic rings. The molecular formula is C18H21NO6S. The van der Waals surface area contributed by atoms with Crippen LogP contribution in [-0.2, 0) is 19.6 Å². The number of hydrogen-bond donors (Lipinski definition) is 2. The highest BCUT2D eigenvalue weighted by Crippen LogP contribution is 2.22. The van der Waals surface area contributed by atoms with Gasteiger partial charge < -0.3 is 10.1 Å². The van der Waals surface area contributed by atoms with Gasteiger partial charge in [0.15, 0.2) is 0 Å². The second kappa shape index (κ2) is 8.29. The molecule has 0 aromatic heterocycles. The number of carbonyl (C=O) groups excluding carboxylic acids is 2. The molecule has 0 radical (unpaired) electrons. The highest BCUT2D eigenvalue weighted by Gasteiger charge is 2.25. The summed E-state index contributed by atoms with van der Waals surface area (Å²) in [7, 11) is -4.27. The van der Waals surface area contributed by atoms with E-state index >= 15 is 0 Å². The summed E-state index contributed by atoms with van der Waals surface area (Å²) >= 11 is 0. The topological polar surface area (TPSA) is 110 Å². The number of ether oxygens (including phenoxy) is 1. The number of rotatable bonds is 7. The molecule has 0 aliphatic heterocycles. The average Bonchev–Trinajstić information content (AvgIpc) is 2.57. The van der Waals surface area contributed by atoms with Crippen molar-refractivity contribution in [3.8, 4) is 0 Å². The summed E-state index contributed by atoms with van der Waals surface area (Å²) in [4.78, 5) is 24.9. The van der Waals surface area contributed by atoms with Gasteiger partial charge >= 0.3 is 5.97 Å². The van der Waals surface area contributed by atoms with Crippen LogP contribution < -0.4 is 5.32 Å². The normalized spacial score (nSPS) is 12.6. The van der Waals surface area contributed by atoms with Gasteiger partial charge in [0, 0.05) is 0 Å². The number of nitrogens with one attached hydrogen (secondary N) is 1. The van der Waals surface area contributed by atoms with Crippen LogP contribution in [0, 0.1) is 6.92 Å². The third kappa shape index (κ3) is 5.03. The Morgan fingerprint density at radius 1 is 1.19 bits per heavy atom. The van der Waals surface area contributed by atoms with Crippen molar-refractivity contribution >= 4 is 32.8 Å². The number of amides is 1. The van der Waals surface area contributed by atoms with Crippen LogP contribution >= 0.6 is 0 Å². The molecule has 0 saturated carbocycles. The molecule has 0 aliphatic carbocycles. The van der Waals surface area contributed by atoms with E-state index in [0.29, 0.717) is 5.56 Å². The van der Waals surface area contributed by atoms with E-state index in [1.54, 1.807) is 32.0 Å². The first-order valence-electron chi connectivity index (χ1n) is 8.14. The van der Waals surface area contributed by atoms with Crippen molar-refractivity contribution in [2.24, 2.45) is 0 Å². The van der Waals surface area contributed by atoms with Crippen LogP contribution in [0.3, 0.4) is 0 Å². The zero-order valence-corrected chi connectivity index (χ0v) is 15.4. The Bertz CT molecular complexity index is 922. The van der Waals surface area contributed by atoms with Crippen molar-refractivity contribution < 1.29 is 27.3 Å². The second-order valence-electron chi connectivity index (χ2n) is 5.83. The minimum atomic E-state index is -4.27. The number of aryl methyl sites for hydroxylation is 1. The van der Waals surface area contributed by atoms with Crippen molar-refractivity contribution in [2.45, 2.75) is 26.3 Å². The minimum Gasteiger partial charge on any atom is -0.464 e. The Morgan fingerprint density at radius 2 is 1.88 bits per heavy atom. The molecule has 140 valence electrons. The summed E-state index contributed by atoms with van der Waals surface area (Å²) in [5, 5.41) is 4.13. The largest absolute Gasteiger partial charge is 0.464 e. The van der Waals surface area contributed by atoms with E-state index in [4.69, 9.17) is 9.29 Å². The van der Waals surface area contributed by atoms with Crippen LogP contribution in [0.5, 0.6) is 0 Å². The molecule has 1 amide bonds. The molecule has 26 heavy (non-hydrogen) atoms. The van der Waals surface area contributed by atoms with E-state index in [1.165, 1.54) is 0 Å². The van der Waals surface area contributed by atoms with Crippen LogP contribution in [0.25, 0.3) is 10.8 Å². The standard InChI is InChI=1S/C18H21NO6S/c1-3-25-18(21)15(10-11-26(22,23)24)19-17(20)16-12(2)8-9-13-6-4-5-7-14(13)16/h4-9,15H,3,10-11H2,1-2H3,(H,19,20)(H,22,23,24)/t15-/m0/s1. The quantitative estimate of drug-likeness (QED) is 0.563. The highest BCUT2D eigenvalue weighted by molar-refractivity contribution is 7.85. The van der Waals surface area contributed by atoms with E-state index < -0.39 is 33.8 Å². The molecule has 1 atom stereocenters. The predicted octanol–water partition coefficient (Wildman–Crippen LogP) is 2.09. The monoisotopic (exact) mass is 379 g/mol. The van der Waals surface area contributed by atoms with Crippen LogP contribution in [-0.4, -0.2) is 43.2 Å². The zero-order chi connectivity index (χ0) is 19.3. The third-order valence-electron chi connectivity index (χ3n) is 3.91. The Morgan fingerprint density at radius 3 is 2.54 bits per heavy atom. The number of esters is 1. The van der Waals surface area contributed by atoms with Gasteiger partial charge in [0.2, 0.25) is 0 Å². The summed E-state index contributed by atoms with van der Waals surface area (Å²) in [6, 6.07) is 9.84. The molecule has 0 spiro atoms. The van der Waals surface area contributed by atoms with Gasteiger partial charge in [0.05, 0.1) is 17.9 Å². The van der Waals surface area contributed by atoms with Crippen molar-refractivity contribution in [3.05, 3.63) is 47.5 Å². The molecule has 2 rings (SSSR count). The lowest BCUT2D eigenvalue weighted by Crippen LogP contribution is -2.43. The Hall–Kier alpha value is -2.45. The van der Waals surface area contributed by atoms with Gasteiger partial charge in [0.1, 0.15) is 6.04 Å². The maximum absolute atomic E-state index is 12.8. The van der Waals surface area contributed by atoms with Crippen LogP contribution in [0.15, 0.2) is 36.4 Å². The van der Waals surface area contributed by atoms with Gasteiger partial charge in [-0.15, -0.1) is 0 Å². The summed E-state index contributed by atoms with van der Waals surface area (Å²) in [5.74, 6) is -1.92. The van der Waals surface area contributed by atoms with Gasteiger partial charge in [-0.25, -0.2) is 4.79 Å². The number of hydrogen-bond acceptors (Lipinski definition) is 5. The predicted molar refractivity (Wildman–Crippen MR) is 97.6 cm³/mol. The molecule has 8 heteroatoms. The van der Waals surface area contributed by atoms with Crippen LogP contribution in [0.2, 0.25) is 0 Å². The molecule has 0 heterocycles. The molecule has 0 fully saturated rings. The summed E-state index contributed by atoms with van der Waals surface area (Å²) in [6.07, 6.45) is -0.285. The van der Waals surface area contributed by atoms with E-state index in [9.17, 15) is 18.0 Å². The van der Waals surface area contributed by atoms with Crippen LogP contribution in [0.4, 0.5) is 0 Å². The van der Waals surface area contributed by atoms with Crippen molar-refractivity contribution in [3.63, 3.8) is 0 Å². The maximum Gasteiger partial charge on any atom is 0.328 e. The van der Waals surface area contributed by atoms with E-state index in [-0.39, 0.29) is 13.0 Å². The molecule has 7 nitrogen and oxygen atoms in total. The first kappa shape index (κ1) is 19.9. The fraction of sp³-hybridized carbons (Fsp3) is 0.333. The zero-order valence-electron chi connectivity index (χ0n) is 14.6. The molecule has 0 saturated heterocycles. The van der Waals surface area contributed by atoms with Gasteiger partial charge in [-0.3, -0.25) is 9.35 Å². The first-order chi connectivity index (χ1) is 12.2. The van der Waals surface area contributed by atoms with E-state index in [2.05, 4.69) is 5.32 Å². The molecule has 0 unspecified atom stereocenters. The lowest BCUT2D eigenvalue weighted by Gasteiger charge is -2.18. The summed E-state index contributed by atoms with van der Waals surface area (Å²) < 4.78 is 35.8. The van der Waals surface area contributed by atoms with E-state index in [0.717, 1.165) is 16.3 Å². The minimum absolute atomic E-state index is 0.0877. The maximum atomic E-state index is 12.8. The molecular weight excluding hydrogens is 358 g/mol. The SMILES string of the molecule is CCOC(=O)[C@H](CCS(=O)(=O)O)NC(=O)c1c(C)ccc2ccccc12. The summed E-state index contributed by atoms with van der Waals surface area (Å²) in [5.41, 5.74) is 1.13. The molecule has 2 N–H and O–H groups in total. The fourth-order valence-electron chi connectivity index (χ4n) is 2.67. The first-order valence-corrected chi connectivity index (χ1v) is 9.75. The van der Waals surface area contributed by atoms with Crippen molar-refractivity contribution in [1.82, 2.24) is 5.32 Å². The molecule has 0 aliphatic rings. The van der Waals surface area contributed by atoms with Gasteiger partial charge in [-0.2, -0.15) is 8.42 Å².